The number of likely N-dealkylation sites (tertiary alicyclic amines) is 1. The summed E-state index contributed by atoms with van der Waals surface area (Å²) in [6.45, 7) is 4.17. The van der Waals surface area contributed by atoms with E-state index in [0.29, 0.717) is 6.54 Å². The molecule has 0 aromatic carbocycles. The molecule has 1 aliphatic heterocycles. The van der Waals surface area contributed by atoms with Crippen molar-refractivity contribution < 1.29 is 10.2 Å². The molecule has 72 valence electrons. The maximum absolute atomic E-state index is 9.22. The van der Waals surface area contributed by atoms with Crippen LogP contribution in [0.2, 0.25) is 0 Å². The van der Waals surface area contributed by atoms with Crippen LogP contribution in [-0.2, 0) is 0 Å². The van der Waals surface area contributed by atoms with Gasteiger partial charge >= 0.3 is 0 Å². The average molecular weight is 173 g/mol. The van der Waals surface area contributed by atoms with Crippen LogP contribution >= 0.6 is 0 Å². The second-order valence-electron chi connectivity index (χ2n) is 3.82. The predicted octanol–water partition coefficient (Wildman–Crippen LogP) is 0.216. The Balaban J connectivity index is 2.53. The van der Waals surface area contributed by atoms with E-state index in [1.165, 1.54) is 12.8 Å². The van der Waals surface area contributed by atoms with Gasteiger partial charge in [0.2, 0.25) is 0 Å². The molecular formula is C9H19NO2. The summed E-state index contributed by atoms with van der Waals surface area (Å²) in [5, 5.41) is 18.0. The summed E-state index contributed by atoms with van der Waals surface area (Å²) in [6, 6.07) is 0. The fourth-order valence-corrected chi connectivity index (χ4v) is 1.92. The van der Waals surface area contributed by atoms with Crippen LogP contribution in [0.1, 0.15) is 26.2 Å². The molecule has 0 aromatic heterocycles. The third-order valence-electron chi connectivity index (χ3n) is 2.87. The molecule has 0 spiro atoms. The van der Waals surface area contributed by atoms with Gasteiger partial charge in [0.1, 0.15) is 0 Å². The summed E-state index contributed by atoms with van der Waals surface area (Å²) in [4.78, 5) is 2.19. The van der Waals surface area contributed by atoms with E-state index in [9.17, 15) is 5.11 Å². The standard InChI is InChI=1S/C9H19NO2/c1-9(8-12)4-2-3-5-10(9)6-7-11/h11-12H,2-8H2,1H3. The van der Waals surface area contributed by atoms with E-state index in [1.807, 2.05) is 0 Å². The zero-order chi connectivity index (χ0) is 9.03. The first-order valence-electron chi connectivity index (χ1n) is 4.70. The molecule has 12 heavy (non-hydrogen) atoms. The Hall–Kier alpha value is -0.120. The lowest BCUT2D eigenvalue weighted by Gasteiger charge is -2.43. The lowest BCUT2D eigenvalue weighted by Crippen LogP contribution is -2.53. The number of aliphatic hydroxyl groups is 2. The maximum Gasteiger partial charge on any atom is 0.0612 e. The Bertz CT molecular complexity index is 138. The van der Waals surface area contributed by atoms with Gasteiger partial charge in [0.25, 0.3) is 0 Å². The van der Waals surface area contributed by atoms with Gasteiger partial charge in [-0.2, -0.15) is 0 Å². The quantitative estimate of drug-likeness (QED) is 0.641. The maximum atomic E-state index is 9.22. The lowest BCUT2D eigenvalue weighted by molar-refractivity contribution is 0.00260. The number of hydrogen-bond donors (Lipinski definition) is 2. The van der Waals surface area contributed by atoms with E-state index in [4.69, 9.17) is 5.11 Å². The molecule has 1 heterocycles. The van der Waals surface area contributed by atoms with E-state index in [-0.39, 0.29) is 18.8 Å². The molecule has 0 amide bonds. The van der Waals surface area contributed by atoms with Crippen LogP contribution in [0.15, 0.2) is 0 Å². The summed E-state index contributed by atoms with van der Waals surface area (Å²) in [5.41, 5.74) is -0.0824. The highest BCUT2D eigenvalue weighted by Crippen LogP contribution is 2.26. The van der Waals surface area contributed by atoms with Crippen molar-refractivity contribution in [3.8, 4) is 0 Å². The van der Waals surface area contributed by atoms with Crippen molar-refractivity contribution in [2.24, 2.45) is 0 Å². The molecule has 0 bridgehead atoms. The van der Waals surface area contributed by atoms with Gasteiger partial charge in [0.15, 0.2) is 0 Å². The van der Waals surface area contributed by atoms with Crippen molar-refractivity contribution in [3.05, 3.63) is 0 Å². The molecule has 1 aliphatic rings. The second kappa shape index (κ2) is 4.21. The summed E-state index contributed by atoms with van der Waals surface area (Å²) < 4.78 is 0. The normalized spacial score (nSPS) is 32.2. The van der Waals surface area contributed by atoms with Crippen molar-refractivity contribution in [2.75, 3.05) is 26.3 Å². The Morgan fingerprint density at radius 2 is 2.08 bits per heavy atom. The predicted molar refractivity (Wildman–Crippen MR) is 48.0 cm³/mol. The third kappa shape index (κ3) is 1.97. The molecular weight excluding hydrogens is 154 g/mol. The van der Waals surface area contributed by atoms with Crippen LogP contribution in [-0.4, -0.2) is 47.0 Å². The van der Waals surface area contributed by atoms with Gasteiger partial charge in [-0.1, -0.05) is 6.42 Å². The summed E-state index contributed by atoms with van der Waals surface area (Å²) in [7, 11) is 0. The van der Waals surface area contributed by atoms with Crippen LogP contribution < -0.4 is 0 Å². The molecule has 0 saturated carbocycles. The highest BCUT2D eigenvalue weighted by molar-refractivity contribution is 4.88. The first-order valence-corrected chi connectivity index (χ1v) is 4.70. The van der Waals surface area contributed by atoms with Crippen LogP contribution in [0.3, 0.4) is 0 Å². The molecule has 0 radical (unpaired) electrons. The zero-order valence-electron chi connectivity index (χ0n) is 7.79. The van der Waals surface area contributed by atoms with Crippen molar-refractivity contribution in [1.82, 2.24) is 4.90 Å². The van der Waals surface area contributed by atoms with E-state index in [1.54, 1.807) is 0 Å². The largest absolute Gasteiger partial charge is 0.395 e. The minimum Gasteiger partial charge on any atom is -0.395 e. The molecule has 1 rings (SSSR count). The number of β-amino-alcohol motifs (C(OH)–C–C–N with tert-alkyl or cyclic N) is 1. The van der Waals surface area contributed by atoms with E-state index < -0.39 is 0 Å². The second-order valence-corrected chi connectivity index (χ2v) is 3.82. The fraction of sp³-hybridized carbons (Fsp3) is 1.00. The van der Waals surface area contributed by atoms with Gasteiger partial charge in [0.05, 0.1) is 13.2 Å². The van der Waals surface area contributed by atoms with Crippen molar-refractivity contribution in [2.45, 2.75) is 31.7 Å². The molecule has 3 nitrogen and oxygen atoms in total. The summed E-state index contributed by atoms with van der Waals surface area (Å²) in [6.07, 6.45) is 3.43. The average Bonchev–Trinajstić information content (AvgIpc) is 2.10. The highest BCUT2D eigenvalue weighted by Gasteiger charge is 2.32. The molecule has 1 unspecified atom stereocenters. The Morgan fingerprint density at radius 1 is 1.33 bits per heavy atom. The number of hydrogen-bond acceptors (Lipinski definition) is 3. The topological polar surface area (TPSA) is 43.7 Å². The minimum atomic E-state index is -0.0824. The van der Waals surface area contributed by atoms with Gasteiger partial charge in [-0.05, 0) is 26.3 Å². The SMILES string of the molecule is CC1(CO)CCCCN1CCO. The first kappa shape index (κ1) is 9.96. The van der Waals surface area contributed by atoms with Crippen molar-refractivity contribution >= 4 is 0 Å². The molecule has 1 saturated heterocycles. The number of nitrogens with zero attached hydrogens (tertiary/aromatic N) is 1. The first-order chi connectivity index (χ1) is 5.73. The zero-order valence-corrected chi connectivity index (χ0v) is 7.79. The monoisotopic (exact) mass is 173 g/mol. The van der Waals surface area contributed by atoms with Crippen molar-refractivity contribution in [1.29, 1.82) is 0 Å². The van der Waals surface area contributed by atoms with Gasteiger partial charge in [-0.3, -0.25) is 4.90 Å². The van der Waals surface area contributed by atoms with Gasteiger partial charge in [-0.25, -0.2) is 0 Å². The molecule has 2 N–H and O–H groups in total. The van der Waals surface area contributed by atoms with Gasteiger partial charge < -0.3 is 10.2 Å². The molecule has 0 aliphatic carbocycles. The number of aliphatic hydroxyl groups excluding tert-OH is 2. The minimum absolute atomic E-state index is 0.0824. The molecule has 1 atom stereocenters. The molecule has 0 aromatic rings. The van der Waals surface area contributed by atoms with E-state index >= 15 is 0 Å². The molecule has 1 fully saturated rings. The fourth-order valence-electron chi connectivity index (χ4n) is 1.92. The van der Waals surface area contributed by atoms with Crippen LogP contribution in [0.5, 0.6) is 0 Å². The lowest BCUT2D eigenvalue weighted by atomic mass is 9.89. The van der Waals surface area contributed by atoms with E-state index in [2.05, 4.69) is 11.8 Å². The van der Waals surface area contributed by atoms with Crippen LogP contribution in [0.4, 0.5) is 0 Å². The summed E-state index contributed by atoms with van der Waals surface area (Å²) in [5.74, 6) is 0. The van der Waals surface area contributed by atoms with E-state index in [0.717, 1.165) is 13.0 Å². The van der Waals surface area contributed by atoms with Gasteiger partial charge in [0, 0.05) is 12.1 Å². The number of piperidine rings is 1. The Morgan fingerprint density at radius 3 is 2.67 bits per heavy atom. The third-order valence-corrected chi connectivity index (χ3v) is 2.87. The Labute approximate surface area is 74.0 Å². The summed E-state index contributed by atoms with van der Waals surface area (Å²) >= 11 is 0. The van der Waals surface area contributed by atoms with Gasteiger partial charge in [-0.15, -0.1) is 0 Å². The molecule has 3 heteroatoms. The van der Waals surface area contributed by atoms with Crippen LogP contribution in [0.25, 0.3) is 0 Å². The smallest absolute Gasteiger partial charge is 0.0612 e. The highest BCUT2D eigenvalue weighted by atomic mass is 16.3. The number of rotatable bonds is 3. The van der Waals surface area contributed by atoms with Crippen molar-refractivity contribution in [3.63, 3.8) is 0 Å². The van der Waals surface area contributed by atoms with Crippen LogP contribution in [0, 0.1) is 0 Å². The Kier molecular flexibility index (Phi) is 3.50.